The lowest BCUT2D eigenvalue weighted by Crippen LogP contribution is -2.36. The first-order chi connectivity index (χ1) is 14.2. The van der Waals surface area contributed by atoms with Gasteiger partial charge >= 0.3 is 0 Å². The Morgan fingerprint density at radius 3 is 2.66 bits per heavy atom. The number of aromatic nitrogens is 2. The molecular weight excluding hydrogens is 368 g/mol. The van der Waals surface area contributed by atoms with Crippen molar-refractivity contribution in [3.8, 4) is 17.1 Å². The van der Waals surface area contributed by atoms with Crippen LogP contribution in [-0.4, -0.2) is 78.3 Å². The normalized spacial score (nSPS) is 20.4. The minimum absolute atomic E-state index is 0.153. The first kappa shape index (κ1) is 19.9. The highest BCUT2D eigenvalue weighted by Gasteiger charge is 2.31. The van der Waals surface area contributed by atoms with E-state index in [0.29, 0.717) is 0 Å². The van der Waals surface area contributed by atoms with Gasteiger partial charge in [0, 0.05) is 44.6 Å². The molecule has 29 heavy (non-hydrogen) atoms. The Hall–Kier alpha value is -2.38. The van der Waals surface area contributed by atoms with E-state index in [2.05, 4.69) is 9.88 Å². The molecule has 2 aromatic rings. The largest absolute Gasteiger partial charge is 0.494 e. The van der Waals surface area contributed by atoms with E-state index >= 15 is 0 Å². The number of likely N-dealkylation sites (N-methyl/N-ethyl adjacent to an activating group) is 1. The maximum Gasteiger partial charge on any atom is 0.245 e. The molecule has 4 rings (SSSR count). The average Bonchev–Trinajstić information content (AvgIpc) is 3.36. The molecule has 0 N–H and O–H groups in total. The summed E-state index contributed by atoms with van der Waals surface area (Å²) in [6.07, 6.45) is 6.67. The number of nitrogens with zero attached hydrogens (tertiary/aromatic N) is 4. The first-order valence-corrected chi connectivity index (χ1v) is 10.5. The molecule has 0 saturated carbocycles. The van der Waals surface area contributed by atoms with Gasteiger partial charge in [0.15, 0.2) is 0 Å². The van der Waals surface area contributed by atoms with Gasteiger partial charge in [0.2, 0.25) is 5.91 Å². The summed E-state index contributed by atoms with van der Waals surface area (Å²) in [5, 5.41) is 0. The molecule has 1 atom stereocenters. The van der Waals surface area contributed by atoms with E-state index in [1.807, 2.05) is 42.1 Å². The van der Waals surface area contributed by atoms with Gasteiger partial charge in [-0.25, -0.2) is 4.98 Å². The topological polar surface area (TPSA) is 59.8 Å². The lowest BCUT2D eigenvalue weighted by Gasteiger charge is -2.26. The fraction of sp³-hybridized carbons (Fsp3) is 0.545. The van der Waals surface area contributed by atoms with Crippen molar-refractivity contribution >= 4 is 5.91 Å². The fourth-order valence-corrected chi connectivity index (χ4v) is 4.00. The second kappa shape index (κ2) is 9.41. The second-order valence-corrected chi connectivity index (χ2v) is 7.76. The van der Waals surface area contributed by atoms with Crippen molar-refractivity contribution in [3.63, 3.8) is 0 Å². The molecule has 1 aromatic carbocycles. The molecule has 1 unspecified atom stereocenters. The summed E-state index contributed by atoms with van der Waals surface area (Å²) in [6, 6.07) is 7.85. The maximum atomic E-state index is 12.4. The molecule has 0 spiro atoms. The number of ether oxygens (including phenoxy) is 2. The highest BCUT2D eigenvalue weighted by molar-refractivity contribution is 5.83. The third kappa shape index (κ3) is 4.79. The van der Waals surface area contributed by atoms with E-state index in [4.69, 9.17) is 9.47 Å². The number of unbranched alkanes of at least 4 members (excludes halogenated alkanes) is 1. The number of amides is 1. The van der Waals surface area contributed by atoms with Crippen LogP contribution in [0.4, 0.5) is 0 Å². The SMILES string of the molecule is CN1CCC(n2ccnc2-c2ccc(OCCCCN3CCOCC3)cc2)C1=O. The van der Waals surface area contributed by atoms with Crippen LogP contribution in [0.2, 0.25) is 0 Å². The second-order valence-electron chi connectivity index (χ2n) is 7.76. The number of morpholine rings is 1. The number of rotatable bonds is 8. The minimum Gasteiger partial charge on any atom is -0.494 e. The van der Waals surface area contributed by atoms with Gasteiger partial charge in [-0.3, -0.25) is 9.69 Å². The van der Waals surface area contributed by atoms with Crippen LogP contribution in [0.1, 0.15) is 25.3 Å². The van der Waals surface area contributed by atoms with Gasteiger partial charge in [-0.2, -0.15) is 0 Å². The van der Waals surface area contributed by atoms with Gasteiger partial charge in [0.05, 0.1) is 19.8 Å². The van der Waals surface area contributed by atoms with Crippen molar-refractivity contribution in [2.75, 3.05) is 53.0 Å². The van der Waals surface area contributed by atoms with Gasteiger partial charge in [-0.05, 0) is 50.1 Å². The maximum absolute atomic E-state index is 12.4. The Labute approximate surface area is 172 Å². The average molecular weight is 399 g/mol. The Kier molecular flexibility index (Phi) is 6.46. The van der Waals surface area contributed by atoms with E-state index in [9.17, 15) is 4.79 Å². The highest BCUT2D eigenvalue weighted by atomic mass is 16.5. The summed E-state index contributed by atoms with van der Waals surface area (Å²) >= 11 is 0. The smallest absolute Gasteiger partial charge is 0.245 e. The van der Waals surface area contributed by atoms with Crippen molar-refractivity contribution in [3.05, 3.63) is 36.7 Å². The first-order valence-electron chi connectivity index (χ1n) is 10.5. The molecule has 3 heterocycles. The standard InChI is InChI=1S/C22H30N4O3/c1-24-11-8-20(22(24)27)26-12-9-23-21(26)18-4-6-19(7-5-18)29-15-3-2-10-25-13-16-28-17-14-25/h4-7,9,12,20H,2-3,8,10-11,13-17H2,1H3. The third-order valence-corrected chi connectivity index (χ3v) is 5.76. The summed E-state index contributed by atoms with van der Waals surface area (Å²) in [5.41, 5.74) is 0.997. The van der Waals surface area contributed by atoms with Crippen LogP contribution < -0.4 is 4.74 Å². The van der Waals surface area contributed by atoms with Gasteiger partial charge < -0.3 is 18.9 Å². The molecule has 7 heteroatoms. The van der Waals surface area contributed by atoms with Gasteiger partial charge in [-0.1, -0.05) is 0 Å². The van der Waals surface area contributed by atoms with E-state index < -0.39 is 0 Å². The fourth-order valence-electron chi connectivity index (χ4n) is 4.00. The zero-order valence-corrected chi connectivity index (χ0v) is 17.1. The molecule has 2 aliphatic heterocycles. The molecule has 7 nitrogen and oxygen atoms in total. The van der Waals surface area contributed by atoms with E-state index in [1.165, 1.54) is 0 Å². The lowest BCUT2D eigenvalue weighted by atomic mass is 10.1. The number of likely N-dealkylation sites (tertiary alicyclic amines) is 1. The summed E-state index contributed by atoms with van der Waals surface area (Å²) in [6.45, 7) is 6.42. The van der Waals surface area contributed by atoms with Crippen molar-refractivity contribution in [2.45, 2.75) is 25.3 Å². The van der Waals surface area contributed by atoms with Gasteiger partial charge in [0.25, 0.3) is 0 Å². The number of hydrogen-bond acceptors (Lipinski definition) is 5. The van der Waals surface area contributed by atoms with Crippen LogP contribution in [0.3, 0.4) is 0 Å². The summed E-state index contributed by atoms with van der Waals surface area (Å²) < 4.78 is 13.3. The van der Waals surface area contributed by atoms with Crippen LogP contribution in [0, 0.1) is 0 Å². The number of carbonyl (C=O) groups excluding carboxylic acids is 1. The Morgan fingerprint density at radius 2 is 1.93 bits per heavy atom. The van der Waals surface area contributed by atoms with Crippen molar-refractivity contribution in [1.29, 1.82) is 0 Å². The number of benzene rings is 1. The zero-order chi connectivity index (χ0) is 20.1. The molecule has 0 radical (unpaired) electrons. The quantitative estimate of drug-likeness (QED) is 0.640. The van der Waals surface area contributed by atoms with Crippen molar-refractivity contribution < 1.29 is 14.3 Å². The Morgan fingerprint density at radius 1 is 1.14 bits per heavy atom. The van der Waals surface area contributed by atoms with Gasteiger partial charge in [0.1, 0.15) is 17.6 Å². The van der Waals surface area contributed by atoms with Crippen molar-refractivity contribution in [1.82, 2.24) is 19.4 Å². The monoisotopic (exact) mass is 398 g/mol. The van der Waals surface area contributed by atoms with Crippen LogP contribution >= 0.6 is 0 Å². The minimum atomic E-state index is -0.153. The summed E-state index contributed by atoms with van der Waals surface area (Å²) in [4.78, 5) is 21.1. The molecule has 1 aromatic heterocycles. The van der Waals surface area contributed by atoms with E-state index in [-0.39, 0.29) is 11.9 Å². The molecule has 0 bridgehead atoms. The van der Waals surface area contributed by atoms with Crippen LogP contribution in [0.25, 0.3) is 11.4 Å². The predicted molar refractivity (Wildman–Crippen MR) is 111 cm³/mol. The number of carbonyl (C=O) groups is 1. The van der Waals surface area contributed by atoms with Gasteiger partial charge in [-0.15, -0.1) is 0 Å². The van der Waals surface area contributed by atoms with E-state index in [0.717, 1.165) is 82.4 Å². The predicted octanol–water partition coefficient (Wildman–Crippen LogP) is 2.44. The molecule has 2 aliphatic rings. The van der Waals surface area contributed by atoms with Crippen LogP contribution in [-0.2, 0) is 9.53 Å². The van der Waals surface area contributed by atoms with Crippen LogP contribution in [0.5, 0.6) is 5.75 Å². The van der Waals surface area contributed by atoms with Crippen molar-refractivity contribution in [2.24, 2.45) is 0 Å². The molecule has 156 valence electrons. The lowest BCUT2D eigenvalue weighted by molar-refractivity contribution is -0.129. The van der Waals surface area contributed by atoms with E-state index in [1.54, 1.807) is 11.1 Å². The summed E-state index contributed by atoms with van der Waals surface area (Å²) in [5.74, 6) is 1.85. The Bertz CT molecular complexity index is 799. The molecule has 2 fully saturated rings. The Balaban J connectivity index is 1.27. The summed E-state index contributed by atoms with van der Waals surface area (Å²) in [7, 11) is 1.85. The molecule has 0 aliphatic carbocycles. The third-order valence-electron chi connectivity index (χ3n) is 5.76. The molecule has 1 amide bonds. The van der Waals surface area contributed by atoms with Crippen LogP contribution in [0.15, 0.2) is 36.7 Å². The number of imidazole rings is 1. The molecular formula is C22H30N4O3. The zero-order valence-electron chi connectivity index (χ0n) is 17.1. The molecule has 2 saturated heterocycles. The number of hydrogen-bond donors (Lipinski definition) is 0. The highest BCUT2D eigenvalue weighted by Crippen LogP contribution is 2.28.